The van der Waals surface area contributed by atoms with Gasteiger partial charge in [-0.3, -0.25) is 14.4 Å². The van der Waals surface area contributed by atoms with Crippen LogP contribution in [0.2, 0.25) is 0 Å². The molecule has 3 heterocycles. The molecule has 0 unspecified atom stereocenters. The Bertz CT molecular complexity index is 1720. The molecular formula is C29H24N4O3S. The van der Waals surface area contributed by atoms with E-state index in [9.17, 15) is 14.4 Å². The number of fused-ring (bicyclic) bond motifs is 1. The molecular weight excluding hydrogens is 484 g/mol. The number of benzene rings is 2. The standard InChI is InChI=1S/C29H24N4O3S/c1-4-33-15-24(17(2)34)28(36)22-12-20(10-11-26(22)33)23-14-30-27(31-18(3)35)13-21(23)29-32-25(16-37-29)19-8-6-5-7-9-19/h5-16H,4H2,1-3H3,(H,30,31,35). The number of carbonyl (C=O) groups excluding carboxylic acids is 2. The summed E-state index contributed by atoms with van der Waals surface area (Å²) in [7, 11) is 0. The maximum absolute atomic E-state index is 13.2. The Morgan fingerprint density at radius 1 is 1.00 bits per heavy atom. The number of amides is 1. The van der Waals surface area contributed by atoms with Gasteiger partial charge in [0.1, 0.15) is 10.8 Å². The van der Waals surface area contributed by atoms with Crippen LogP contribution in [-0.4, -0.2) is 26.2 Å². The van der Waals surface area contributed by atoms with E-state index in [-0.39, 0.29) is 22.7 Å². The first-order chi connectivity index (χ1) is 17.9. The molecule has 0 aliphatic carbocycles. The number of rotatable bonds is 6. The van der Waals surface area contributed by atoms with Crippen molar-refractivity contribution in [1.82, 2.24) is 14.5 Å². The lowest BCUT2D eigenvalue weighted by Gasteiger charge is -2.14. The fraction of sp³-hybridized carbons (Fsp3) is 0.138. The minimum Gasteiger partial charge on any atom is -0.347 e. The van der Waals surface area contributed by atoms with E-state index in [0.717, 1.165) is 38.5 Å². The highest BCUT2D eigenvalue weighted by molar-refractivity contribution is 7.13. The lowest BCUT2D eigenvalue weighted by atomic mass is 9.99. The van der Waals surface area contributed by atoms with Crippen LogP contribution in [0.15, 0.2) is 77.2 Å². The lowest BCUT2D eigenvalue weighted by Crippen LogP contribution is -2.17. The van der Waals surface area contributed by atoms with Gasteiger partial charge in [-0.2, -0.15) is 0 Å². The zero-order chi connectivity index (χ0) is 26.1. The number of ketones is 1. The van der Waals surface area contributed by atoms with Crippen molar-refractivity contribution in [1.29, 1.82) is 0 Å². The van der Waals surface area contributed by atoms with Crippen LogP contribution in [0, 0.1) is 0 Å². The maximum atomic E-state index is 13.2. The first-order valence-corrected chi connectivity index (χ1v) is 12.7. The summed E-state index contributed by atoms with van der Waals surface area (Å²) in [6.45, 7) is 5.43. The third kappa shape index (κ3) is 4.71. The van der Waals surface area contributed by atoms with E-state index >= 15 is 0 Å². The molecule has 1 N–H and O–H groups in total. The molecule has 2 aromatic carbocycles. The lowest BCUT2D eigenvalue weighted by molar-refractivity contribution is -0.114. The molecule has 3 aromatic heterocycles. The van der Waals surface area contributed by atoms with Crippen LogP contribution in [0.1, 0.15) is 31.1 Å². The molecule has 37 heavy (non-hydrogen) atoms. The van der Waals surface area contributed by atoms with Crippen LogP contribution in [0.3, 0.4) is 0 Å². The minimum atomic E-state index is -0.293. The number of pyridine rings is 2. The summed E-state index contributed by atoms with van der Waals surface area (Å²) in [6, 6.07) is 17.3. The molecule has 0 aliphatic heterocycles. The van der Waals surface area contributed by atoms with Crippen molar-refractivity contribution in [2.24, 2.45) is 0 Å². The average Bonchev–Trinajstić information content (AvgIpc) is 3.39. The summed E-state index contributed by atoms with van der Waals surface area (Å²) in [5.41, 5.74) is 4.79. The maximum Gasteiger partial charge on any atom is 0.222 e. The van der Waals surface area contributed by atoms with Gasteiger partial charge in [0.05, 0.1) is 16.8 Å². The Morgan fingerprint density at radius 3 is 2.49 bits per heavy atom. The van der Waals surface area contributed by atoms with Crippen molar-refractivity contribution < 1.29 is 9.59 Å². The third-order valence-corrected chi connectivity index (χ3v) is 7.00. The summed E-state index contributed by atoms with van der Waals surface area (Å²) in [4.78, 5) is 46.4. The second-order valence-electron chi connectivity index (χ2n) is 8.65. The molecule has 0 bridgehead atoms. The molecule has 5 aromatic rings. The van der Waals surface area contributed by atoms with Crippen molar-refractivity contribution in [3.05, 3.63) is 88.2 Å². The van der Waals surface area contributed by atoms with Gasteiger partial charge in [-0.05, 0) is 37.6 Å². The number of aromatic nitrogens is 3. The van der Waals surface area contributed by atoms with E-state index in [0.29, 0.717) is 17.7 Å². The number of hydrogen-bond acceptors (Lipinski definition) is 6. The number of Topliss-reactive ketones (excluding diaryl/α,β-unsaturated/α-hetero) is 1. The highest BCUT2D eigenvalue weighted by Gasteiger charge is 2.17. The van der Waals surface area contributed by atoms with Crippen LogP contribution in [0.5, 0.6) is 0 Å². The fourth-order valence-electron chi connectivity index (χ4n) is 4.33. The van der Waals surface area contributed by atoms with E-state index < -0.39 is 0 Å². The van der Waals surface area contributed by atoms with Crippen molar-refractivity contribution >= 4 is 39.7 Å². The number of aryl methyl sites for hydroxylation is 1. The molecule has 7 nitrogen and oxygen atoms in total. The van der Waals surface area contributed by atoms with Crippen LogP contribution in [0.4, 0.5) is 5.82 Å². The van der Waals surface area contributed by atoms with E-state index in [1.807, 2.05) is 59.3 Å². The second-order valence-corrected chi connectivity index (χ2v) is 9.50. The van der Waals surface area contributed by atoms with E-state index in [4.69, 9.17) is 4.98 Å². The molecule has 0 atom stereocenters. The van der Waals surface area contributed by atoms with Crippen LogP contribution >= 0.6 is 11.3 Å². The van der Waals surface area contributed by atoms with Crippen LogP contribution in [-0.2, 0) is 11.3 Å². The smallest absolute Gasteiger partial charge is 0.222 e. The SMILES string of the molecule is CCn1cc(C(C)=O)c(=O)c2cc(-c3cnc(NC(C)=O)cc3-c3nc(-c4ccccc4)cs3)ccc21. The van der Waals surface area contributed by atoms with Gasteiger partial charge in [-0.25, -0.2) is 9.97 Å². The van der Waals surface area contributed by atoms with Crippen molar-refractivity contribution in [2.75, 3.05) is 5.32 Å². The number of hydrogen-bond donors (Lipinski definition) is 1. The number of carbonyl (C=O) groups is 2. The molecule has 0 fully saturated rings. The third-order valence-electron chi connectivity index (χ3n) is 6.12. The van der Waals surface area contributed by atoms with E-state index in [1.165, 1.54) is 25.2 Å². The van der Waals surface area contributed by atoms with Crippen molar-refractivity contribution in [3.63, 3.8) is 0 Å². The van der Waals surface area contributed by atoms with Gasteiger partial charge in [0.2, 0.25) is 5.91 Å². The first-order valence-electron chi connectivity index (χ1n) is 11.8. The van der Waals surface area contributed by atoms with E-state index in [2.05, 4.69) is 10.3 Å². The number of thiazole rings is 1. The first kappa shape index (κ1) is 24.3. The Hall–Kier alpha value is -4.43. The minimum absolute atomic E-state index is 0.165. The highest BCUT2D eigenvalue weighted by Crippen LogP contribution is 2.37. The average molecular weight is 509 g/mol. The zero-order valence-electron chi connectivity index (χ0n) is 20.6. The molecule has 0 aliphatic rings. The molecule has 1 amide bonds. The van der Waals surface area contributed by atoms with Crippen molar-refractivity contribution in [3.8, 4) is 33.0 Å². The molecule has 0 saturated carbocycles. The number of nitrogens with one attached hydrogen (secondary N) is 1. The predicted octanol–water partition coefficient (Wildman–Crippen LogP) is 6.03. The Labute approximate surface area is 217 Å². The summed E-state index contributed by atoms with van der Waals surface area (Å²) >= 11 is 1.49. The molecule has 184 valence electrons. The van der Waals surface area contributed by atoms with Gasteiger partial charge in [-0.1, -0.05) is 36.4 Å². The quantitative estimate of drug-likeness (QED) is 0.283. The second kappa shape index (κ2) is 9.91. The normalized spacial score (nSPS) is 11.0. The van der Waals surface area contributed by atoms with Gasteiger partial charge < -0.3 is 9.88 Å². The van der Waals surface area contributed by atoms with E-state index in [1.54, 1.807) is 24.5 Å². The molecule has 0 radical (unpaired) electrons. The van der Waals surface area contributed by atoms with Gasteiger partial charge >= 0.3 is 0 Å². The topological polar surface area (TPSA) is 94.0 Å². The Balaban J connectivity index is 1.71. The molecule has 5 rings (SSSR count). The van der Waals surface area contributed by atoms with Crippen LogP contribution < -0.4 is 10.7 Å². The molecule has 0 saturated heterocycles. The Morgan fingerprint density at radius 2 is 1.78 bits per heavy atom. The summed E-state index contributed by atoms with van der Waals surface area (Å²) < 4.78 is 1.91. The number of nitrogens with zero attached hydrogens (tertiary/aromatic N) is 3. The highest BCUT2D eigenvalue weighted by atomic mass is 32.1. The monoisotopic (exact) mass is 508 g/mol. The summed E-state index contributed by atoms with van der Waals surface area (Å²) in [5, 5.41) is 5.96. The Kier molecular flexibility index (Phi) is 6.50. The zero-order valence-corrected chi connectivity index (χ0v) is 21.4. The van der Waals surface area contributed by atoms with Crippen LogP contribution in [0.25, 0.3) is 43.9 Å². The number of anilines is 1. The van der Waals surface area contributed by atoms with Crippen molar-refractivity contribution in [2.45, 2.75) is 27.3 Å². The van der Waals surface area contributed by atoms with Gasteiger partial charge in [-0.15, -0.1) is 11.3 Å². The van der Waals surface area contributed by atoms with Gasteiger partial charge in [0.25, 0.3) is 0 Å². The largest absolute Gasteiger partial charge is 0.347 e. The van der Waals surface area contributed by atoms with Gasteiger partial charge in [0, 0.05) is 53.3 Å². The van der Waals surface area contributed by atoms with Gasteiger partial charge in [0.15, 0.2) is 11.2 Å². The summed E-state index contributed by atoms with van der Waals surface area (Å²) in [6.07, 6.45) is 3.31. The predicted molar refractivity (Wildman–Crippen MR) is 148 cm³/mol. The molecule has 8 heteroatoms. The summed E-state index contributed by atoms with van der Waals surface area (Å²) in [5.74, 6) is -0.0775. The molecule has 0 spiro atoms. The fourth-order valence-corrected chi connectivity index (χ4v) is 5.19.